The van der Waals surface area contributed by atoms with E-state index in [1.165, 1.54) is 4.57 Å². The molecule has 1 amide bonds. The van der Waals surface area contributed by atoms with Crippen molar-refractivity contribution in [1.82, 2.24) is 14.5 Å². The van der Waals surface area contributed by atoms with Gasteiger partial charge in [-0.05, 0) is 42.8 Å². The molecule has 5 rings (SSSR count). The molecule has 0 spiro atoms. The average molecular weight is 433 g/mol. The zero-order valence-corrected chi connectivity index (χ0v) is 17.7. The Morgan fingerprint density at radius 2 is 1.81 bits per heavy atom. The van der Waals surface area contributed by atoms with Crippen LogP contribution in [0.4, 0.5) is 0 Å². The third-order valence-corrected chi connectivity index (χ3v) is 5.83. The summed E-state index contributed by atoms with van der Waals surface area (Å²) in [6.45, 7) is 3.02. The number of carbonyl (C=O) groups excluding carboxylic acids is 1. The van der Waals surface area contributed by atoms with Gasteiger partial charge in [0.05, 0.1) is 5.69 Å². The molecule has 0 atom stereocenters. The van der Waals surface area contributed by atoms with Crippen molar-refractivity contribution in [2.45, 2.75) is 25.9 Å². The number of rotatable bonds is 4. The molecule has 0 N–H and O–H groups in total. The Kier molecular flexibility index (Phi) is 5.26. The van der Waals surface area contributed by atoms with Gasteiger partial charge >= 0.3 is 0 Å². The summed E-state index contributed by atoms with van der Waals surface area (Å²) in [4.78, 5) is 32.3. The summed E-state index contributed by atoms with van der Waals surface area (Å²) in [5, 5.41) is 0. The Bertz CT molecular complexity index is 1200. The number of likely N-dealkylation sites (tertiary alicyclic amines) is 1. The number of amides is 1. The van der Waals surface area contributed by atoms with Crippen molar-refractivity contribution >= 4 is 5.91 Å². The lowest BCUT2D eigenvalue weighted by atomic mass is 10.0. The Morgan fingerprint density at radius 1 is 1.06 bits per heavy atom. The number of hydrogen-bond donors (Lipinski definition) is 0. The van der Waals surface area contributed by atoms with Crippen LogP contribution in [0.15, 0.2) is 59.8 Å². The van der Waals surface area contributed by atoms with E-state index in [1.54, 1.807) is 54.7 Å². The van der Waals surface area contributed by atoms with Crippen molar-refractivity contribution < 1.29 is 19.0 Å². The molecule has 32 heavy (non-hydrogen) atoms. The highest BCUT2D eigenvalue weighted by Gasteiger charge is 2.28. The molecular weight excluding hydrogens is 410 g/mol. The summed E-state index contributed by atoms with van der Waals surface area (Å²) in [6.07, 6.45) is 6.51. The van der Waals surface area contributed by atoms with Gasteiger partial charge in [-0.1, -0.05) is 0 Å². The topological polar surface area (TPSA) is 82.9 Å². The molecule has 8 nitrogen and oxygen atoms in total. The predicted octanol–water partition coefficient (Wildman–Crippen LogP) is 2.95. The standard InChI is InChI=1S/C24H23N3O5/c1-16-6-13-27(17-2-3-20-21(14-17)31-15-30-20)24(29)22(16)23(28)26-11-7-19(8-12-26)32-18-4-9-25-10-5-18/h2-6,9-10,13-14,19H,7-8,11-12,15H2,1H3. The number of nitrogens with zero attached hydrogens (tertiary/aromatic N) is 3. The molecule has 0 bridgehead atoms. The molecular formula is C24H23N3O5. The van der Waals surface area contributed by atoms with Gasteiger partial charge in [-0.15, -0.1) is 0 Å². The largest absolute Gasteiger partial charge is 0.490 e. The number of benzene rings is 1. The Balaban J connectivity index is 1.34. The SMILES string of the molecule is Cc1ccn(-c2ccc3c(c2)OCO3)c(=O)c1C(=O)N1CCC(Oc2ccncc2)CC1. The molecule has 2 aliphatic heterocycles. The maximum atomic E-state index is 13.3. The number of hydrogen-bond acceptors (Lipinski definition) is 6. The van der Waals surface area contributed by atoms with Gasteiger partial charge < -0.3 is 19.1 Å². The minimum Gasteiger partial charge on any atom is -0.490 e. The summed E-state index contributed by atoms with van der Waals surface area (Å²) in [6, 6.07) is 10.7. The molecule has 164 valence electrons. The number of aryl methyl sites for hydroxylation is 1. The van der Waals surface area contributed by atoms with E-state index in [0.29, 0.717) is 48.7 Å². The summed E-state index contributed by atoms with van der Waals surface area (Å²) in [5.74, 6) is 1.75. The zero-order chi connectivity index (χ0) is 22.1. The van der Waals surface area contributed by atoms with Crippen LogP contribution in [0.5, 0.6) is 17.2 Å². The average Bonchev–Trinajstić information content (AvgIpc) is 3.28. The van der Waals surface area contributed by atoms with E-state index in [-0.39, 0.29) is 29.9 Å². The van der Waals surface area contributed by atoms with Crippen molar-refractivity contribution in [3.05, 3.63) is 76.5 Å². The van der Waals surface area contributed by atoms with E-state index in [0.717, 1.165) is 5.75 Å². The smallest absolute Gasteiger partial charge is 0.268 e. The maximum absolute atomic E-state index is 13.3. The fourth-order valence-electron chi connectivity index (χ4n) is 4.07. The molecule has 4 heterocycles. The first-order chi connectivity index (χ1) is 15.6. The molecule has 2 aromatic heterocycles. The molecule has 0 radical (unpaired) electrons. The van der Waals surface area contributed by atoms with Crippen molar-refractivity contribution in [3.63, 3.8) is 0 Å². The number of ether oxygens (including phenoxy) is 3. The van der Waals surface area contributed by atoms with E-state index < -0.39 is 0 Å². The Hall–Kier alpha value is -3.81. The molecule has 1 saturated heterocycles. The fraction of sp³-hybridized carbons (Fsp3) is 0.292. The van der Waals surface area contributed by atoms with Gasteiger partial charge in [0, 0.05) is 50.6 Å². The molecule has 0 aliphatic carbocycles. The summed E-state index contributed by atoms with van der Waals surface area (Å²) in [5.41, 5.74) is 1.13. The third-order valence-electron chi connectivity index (χ3n) is 5.83. The van der Waals surface area contributed by atoms with Gasteiger partial charge in [0.2, 0.25) is 6.79 Å². The van der Waals surface area contributed by atoms with Crippen LogP contribution in [0.1, 0.15) is 28.8 Å². The second-order valence-electron chi connectivity index (χ2n) is 7.88. The summed E-state index contributed by atoms with van der Waals surface area (Å²) < 4.78 is 18.2. The highest BCUT2D eigenvalue weighted by atomic mass is 16.7. The highest BCUT2D eigenvalue weighted by molar-refractivity contribution is 5.95. The van der Waals surface area contributed by atoms with E-state index in [4.69, 9.17) is 14.2 Å². The van der Waals surface area contributed by atoms with Gasteiger partial charge in [0.25, 0.3) is 11.5 Å². The molecule has 2 aliphatic rings. The number of aromatic nitrogens is 2. The summed E-state index contributed by atoms with van der Waals surface area (Å²) in [7, 11) is 0. The molecule has 0 saturated carbocycles. The molecule has 1 fully saturated rings. The van der Waals surface area contributed by atoms with Crippen LogP contribution >= 0.6 is 0 Å². The summed E-state index contributed by atoms with van der Waals surface area (Å²) >= 11 is 0. The van der Waals surface area contributed by atoms with Crippen molar-refractivity contribution in [3.8, 4) is 22.9 Å². The second kappa shape index (κ2) is 8.37. The van der Waals surface area contributed by atoms with E-state index >= 15 is 0 Å². The highest BCUT2D eigenvalue weighted by Crippen LogP contribution is 2.33. The predicted molar refractivity (Wildman–Crippen MR) is 117 cm³/mol. The van der Waals surface area contributed by atoms with Crippen LogP contribution in [-0.4, -0.2) is 46.3 Å². The van der Waals surface area contributed by atoms with E-state index in [9.17, 15) is 9.59 Å². The van der Waals surface area contributed by atoms with Crippen molar-refractivity contribution in [1.29, 1.82) is 0 Å². The second-order valence-corrected chi connectivity index (χ2v) is 7.88. The maximum Gasteiger partial charge on any atom is 0.268 e. The molecule has 3 aromatic rings. The van der Waals surface area contributed by atoms with Gasteiger partial charge in [0.1, 0.15) is 17.4 Å². The van der Waals surface area contributed by atoms with Crippen LogP contribution in [0.3, 0.4) is 0 Å². The zero-order valence-electron chi connectivity index (χ0n) is 17.7. The Labute approximate surface area is 185 Å². The van der Waals surface area contributed by atoms with Crippen LogP contribution in [-0.2, 0) is 0 Å². The van der Waals surface area contributed by atoms with Gasteiger partial charge in [-0.25, -0.2) is 0 Å². The van der Waals surface area contributed by atoms with E-state index in [1.807, 2.05) is 12.1 Å². The lowest BCUT2D eigenvalue weighted by Gasteiger charge is -2.32. The van der Waals surface area contributed by atoms with Crippen molar-refractivity contribution in [2.75, 3.05) is 19.9 Å². The van der Waals surface area contributed by atoms with Crippen LogP contribution in [0.25, 0.3) is 5.69 Å². The van der Waals surface area contributed by atoms with Crippen LogP contribution < -0.4 is 19.8 Å². The number of fused-ring (bicyclic) bond motifs is 1. The first-order valence-electron chi connectivity index (χ1n) is 10.6. The molecule has 1 aromatic carbocycles. The number of carbonyl (C=O) groups is 1. The minimum absolute atomic E-state index is 0.0311. The van der Waals surface area contributed by atoms with Crippen LogP contribution in [0, 0.1) is 6.92 Å². The lowest BCUT2D eigenvalue weighted by Crippen LogP contribution is -2.44. The van der Waals surface area contributed by atoms with Gasteiger partial charge in [-0.2, -0.15) is 0 Å². The van der Waals surface area contributed by atoms with Crippen LogP contribution in [0.2, 0.25) is 0 Å². The number of pyridine rings is 2. The third kappa shape index (κ3) is 3.79. The number of piperidine rings is 1. The lowest BCUT2D eigenvalue weighted by molar-refractivity contribution is 0.0593. The monoisotopic (exact) mass is 433 g/mol. The quantitative estimate of drug-likeness (QED) is 0.629. The van der Waals surface area contributed by atoms with E-state index in [2.05, 4.69) is 4.98 Å². The van der Waals surface area contributed by atoms with Gasteiger partial charge in [0.15, 0.2) is 11.5 Å². The van der Waals surface area contributed by atoms with Crippen molar-refractivity contribution in [2.24, 2.45) is 0 Å². The first kappa shape index (κ1) is 20.1. The first-order valence-corrected chi connectivity index (χ1v) is 10.6. The fourth-order valence-corrected chi connectivity index (χ4v) is 4.07. The Morgan fingerprint density at radius 3 is 2.59 bits per heavy atom. The normalized spacial score (nSPS) is 15.6. The van der Waals surface area contributed by atoms with Gasteiger partial charge in [-0.3, -0.25) is 19.1 Å². The minimum atomic E-state index is -0.343. The molecule has 0 unspecified atom stereocenters. The molecule has 8 heteroatoms.